The number of benzene rings is 1. The van der Waals surface area contributed by atoms with Crippen molar-refractivity contribution in [3.05, 3.63) is 29.8 Å². The van der Waals surface area contributed by atoms with Crippen LogP contribution in [0.1, 0.15) is 40.2 Å². The fraction of sp³-hybridized carbons (Fsp3) is 0.556. The van der Waals surface area contributed by atoms with Gasteiger partial charge in [-0.25, -0.2) is 4.79 Å². The Morgan fingerprint density at radius 2 is 1.83 bits per heavy atom. The molecular weight excluding hydrogens is 290 g/mol. The van der Waals surface area contributed by atoms with E-state index < -0.39 is 6.04 Å². The van der Waals surface area contributed by atoms with Gasteiger partial charge in [0.05, 0.1) is 0 Å². The van der Waals surface area contributed by atoms with E-state index in [1.807, 2.05) is 58.9 Å². The van der Waals surface area contributed by atoms with Gasteiger partial charge in [0.15, 0.2) is 0 Å². The van der Waals surface area contributed by atoms with E-state index in [0.29, 0.717) is 6.54 Å². The molecule has 23 heavy (non-hydrogen) atoms. The predicted octanol–water partition coefficient (Wildman–Crippen LogP) is 2.70. The normalized spacial score (nSPS) is 15.3. The Bertz CT molecular complexity index is 590. The summed E-state index contributed by atoms with van der Waals surface area (Å²) in [4.78, 5) is 26.9. The summed E-state index contributed by atoms with van der Waals surface area (Å²) in [6.45, 7) is 10.3. The zero-order valence-corrected chi connectivity index (χ0v) is 14.6. The number of amides is 3. The molecule has 0 radical (unpaired) electrons. The van der Waals surface area contributed by atoms with Crippen LogP contribution in [0.4, 0.5) is 10.5 Å². The second-order valence-corrected chi connectivity index (χ2v) is 7.44. The highest BCUT2D eigenvalue weighted by molar-refractivity contribution is 6.00. The van der Waals surface area contributed by atoms with E-state index in [9.17, 15) is 9.59 Å². The number of nitrogens with zero attached hydrogens (tertiary/aromatic N) is 1. The smallest absolute Gasteiger partial charge is 0.315 e. The number of carbonyl (C=O) groups excluding carboxylic acids is 2. The molecule has 0 saturated carbocycles. The molecule has 1 aromatic carbocycles. The van der Waals surface area contributed by atoms with Crippen LogP contribution in [-0.2, 0) is 11.2 Å². The first-order valence-electron chi connectivity index (χ1n) is 8.17. The largest absolute Gasteiger partial charge is 0.334 e. The summed E-state index contributed by atoms with van der Waals surface area (Å²) in [6.07, 6.45) is 0.862. The van der Waals surface area contributed by atoms with Gasteiger partial charge in [0, 0.05) is 17.8 Å². The van der Waals surface area contributed by atoms with E-state index in [0.717, 1.165) is 12.1 Å². The van der Waals surface area contributed by atoms with Gasteiger partial charge >= 0.3 is 6.03 Å². The zero-order chi connectivity index (χ0) is 17.2. The molecule has 1 unspecified atom stereocenters. The van der Waals surface area contributed by atoms with Crippen LogP contribution in [0.15, 0.2) is 24.3 Å². The predicted molar refractivity (Wildman–Crippen MR) is 92.5 cm³/mol. The molecule has 1 aromatic rings. The SMILES string of the molecule is CC(C)C(NC(=O)NC(C)(C)C)C(=O)N1CCc2ccccc21. The standard InChI is InChI=1S/C18H27N3O2/c1-12(2)15(19-17(23)20-18(3,4)5)16(22)21-11-10-13-8-6-7-9-14(13)21/h6-9,12,15H,10-11H2,1-5H3,(H2,19,20,23). The number of urea groups is 1. The van der Waals surface area contributed by atoms with Crippen molar-refractivity contribution in [1.29, 1.82) is 0 Å². The summed E-state index contributed by atoms with van der Waals surface area (Å²) in [7, 11) is 0. The summed E-state index contributed by atoms with van der Waals surface area (Å²) in [5, 5.41) is 5.69. The van der Waals surface area contributed by atoms with Gasteiger partial charge in [0.1, 0.15) is 6.04 Å². The van der Waals surface area contributed by atoms with E-state index in [4.69, 9.17) is 0 Å². The van der Waals surface area contributed by atoms with Crippen LogP contribution < -0.4 is 15.5 Å². The lowest BCUT2D eigenvalue weighted by molar-refractivity contribution is -0.121. The Morgan fingerprint density at radius 3 is 2.43 bits per heavy atom. The van der Waals surface area contributed by atoms with Crippen molar-refractivity contribution < 1.29 is 9.59 Å². The molecule has 0 saturated heterocycles. The molecule has 0 fully saturated rings. The highest BCUT2D eigenvalue weighted by atomic mass is 16.2. The third-order valence-corrected chi connectivity index (χ3v) is 3.86. The second kappa shape index (κ2) is 6.60. The molecular formula is C18H27N3O2. The molecule has 3 amide bonds. The van der Waals surface area contributed by atoms with Crippen LogP contribution >= 0.6 is 0 Å². The van der Waals surface area contributed by atoms with Gasteiger partial charge in [-0.05, 0) is 44.7 Å². The van der Waals surface area contributed by atoms with Gasteiger partial charge < -0.3 is 15.5 Å². The van der Waals surface area contributed by atoms with E-state index in [-0.39, 0.29) is 23.4 Å². The van der Waals surface area contributed by atoms with E-state index >= 15 is 0 Å². The fourth-order valence-electron chi connectivity index (χ4n) is 2.77. The minimum absolute atomic E-state index is 0.0148. The minimum Gasteiger partial charge on any atom is -0.334 e. The van der Waals surface area contributed by atoms with Gasteiger partial charge in [0.25, 0.3) is 0 Å². The molecule has 0 spiro atoms. The number of hydrogen-bond acceptors (Lipinski definition) is 2. The summed E-state index contributed by atoms with van der Waals surface area (Å²) >= 11 is 0. The molecule has 2 rings (SSSR count). The Morgan fingerprint density at radius 1 is 1.17 bits per heavy atom. The maximum atomic E-state index is 12.9. The minimum atomic E-state index is -0.538. The van der Waals surface area contributed by atoms with Crippen LogP contribution in [0, 0.1) is 5.92 Å². The molecule has 1 heterocycles. The van der Waals surface area contributed by atoms with Gasteiger partial charge in [-0.3, -0.25) is 4.79 Å². The van der Waals surface area contributed by atoms with Crippen LogP contribution in [0.25, 0.3) is 0 Å². The first kappa shape index (κ1) is 17.3. The zero-order valence-electron chi connectivity index (χ0n) is 14.6. The lowest BCUT2D eigenvalue weighted by Crippen LogP contribution is -2.56. The molecule has 0 aromatic heterocycles. The van der Waals surface area contributed by atoms with E-state index in [1.165, 1.54) is 5.56 Å². The maximum Gasteiger partial charge on any atom is 0.315 e. The molecule has 126 valence electrons. The number of anilines is 1. The number of hydrogen-bond donors (Lipinski definition) is 2. The van der Waals surface area contributed by atoms with Gasteiger partial charge in [0.2, 0.25) is 5.91 Å². The molecule has 2 N–H and O–H groups in total. The Hall–Kier alpha value is -2.04. The summed E-state index contributed by atoms with van der Waals surface area (Å²) in [5.74, 6) is -0.0324. The average Bonchev–Trinajstić information content (AvgIpc) is 2.85. The number of carbonyl (C=O) groups is 2. The average molecular weight is 317 g/mol. The third kappa shape index (κ3) is 4.24. The van der Waals surface area contributed by atoms with Crippen LogP contribution in [0.3, 0.4) is 0 Å². The Labute approximate surface area is 138 Å². The number of fused-ring (bicyclic) bond motifs is 1. The number of rotatable bonds is 3. The van der Waals surface area contributed by atoms with Gasteiger partial charge in [-0.2, -0.15) is 0 Å². The molecule has 5 heteroatoms. The number of para-hydroxylation sites is 1. The fourth-order valence-corrected chi connectivity index (χ4v) is 2.77. The van der Waals surface area contributed by atoms with Crippen molar-refractivity contribution in [3.8, 4) is 0 Å². The molecule has 1 aliphatic rings. The molecule has 5 nitrogen and oxygen atoms in total. The highest BCUT2D eigenvalue weighted by Gasteiger charge is 2.33. The van der Waals surface area contributed by atoms with Crippen molar-refractivity contribution in [3.63, 3.8) is 0 Å². The quantitative estimate of drug-likeness (QED) is 0.900. The second-order valence-electron chi connectivity index (χ2n) is 7.44. The van der Waals surface area contributed by atoms with Crippen LogP contribution in [-0.4, -0.2) is 30.1 Å². The van der Waals surface area contributed by atoms with Crippen molar-refractivity contribution in [2.45, 2.75) is 52.6 Å². The van der Waals surface area contributed by atoms with Gasteiger partial charge in [-0.1, -0.05) is 32.0 Å². The van der Waals surface area contributed by atoms with Crippen molar-refractivity contribution in [2.24, 2.45) is 5.92 Å². The van der Waals surface area contributed by atoms with Gasteiger partial charge in [-0.15, -0.1) is 0 Å². The molecule has 1 aliphatic heterocycles. The van der Waals surface area contributed by atoms with Crippen molar-refractivity contribution in [1.82, 2.24) is 10.6 Å². The maximum absolute atomic E-state index is 12.9. The lowest BCUT2D eigenvalue weighted by Gasteiger charge is -2.29. The summed E-state index contributed by atoms with van der Waals surface area (Å²) in [5.41, 5.74) is 1.80. The first-order valence-corrected chi connectivity index (χ1v) is 8.17. The van der Waals surface area contributed by atoms with Crippen molar-refractivity contribution >= 4 is 17.6 Å². The molecule has 1 atom stereocenters. The molecule has 0 aliphatic carbocycles. The first-order chi connectivity index (χ1) is 10.7. The summed E-state index contributed by atoms with van der Waals surface area (Å²) in [6, 6.07) is 7.09. The Kier molecular flexibility index (Phi) is 4.97. The lowest BCUT2D eigenvalue weighted by atomic mass is 10.0. The summed E-state index contributed by atoms with van der Waals surface area (Å²) < 4.78 is 0. The van der Waals surface area contributed by atoms with Crippen LogP contribution in [0.2, 0.25) is 0 Å². The molecule has 0 bridgehead atoms. The number of nitrogens with one attached hydrogen (secondary N) is 2. The van der Waals surface area contributed by atoms with Crippen LogP contribution in [0.5, 0.6) is 0 Å². The highest BCUT2D eigenvalue weighted by Crippen LogP contribution is 2.28. The van der Waals surface area contributed by atoms with E-state index in [2.05, 4.69) is 10.6 Å². The van der Waals surface area contributed by atoms with Crippen molar-refractivity contribution in [2.75, 3.05) is 11.4 Å². The monoisotopic (exact) mass is 317 g/mol. The topological polar surface area (TPSA) is 61.4 Å². The third-order valence-electron chi connectivity index (χ3n) is 3.86. The van der Waals surface area contributed by atoms with E-state index in [1.54, 1.807) is 4.90 Å². The Balaban J connectivity index is 2.13.